The summed E-state index contributed by atoms with van der Waals surface area (Å²) in [5.74, 6) is 2.04. The minimum absolute atomic E-state index is 0.291. The summed E-state index contributed by atoms with van der Waals surface area (Å²) >= 11 is 0. The quantitative estimate of drug-likeness (QED) is 0.885. The Morgan fingerprint density at radius 3 is 2.71 bits per heavy atom. The van der Waals surface area contributed by atoms with Crippen LogP contribution in [0.3, 0.4) is 0 Å². The first kappa shape index (κ1) is 17.0. The molecule has 1 saturated heterocycles. The zero-order chi connectivity index (χ0) is 16.9. The Morgan fingerprint density at radius 1 is 1.29 bits per heavy atom. The molecule has 1 unspecified atom stereocenters. The summed E-state index contributed by atoms with van der Waals surface area (Å²) in [6.07, 6.45) is 5.17. The van der Waals surface area contributed by atoms with E-state index in [1.165, 1.54) is 5.56 Å². The van der Waals surface area contributed by atoms with Gasteiger partial charge in [0, 0.05) is 26.0 Å². The molecule has 0 radical (unpaired) electrons. The number of rotatable bonds is 6. The number of aromatic nitrogens is 2. The Labute approximate surface area is 143 Å². The van der Waals surface area contributed by atoms with E-state index in [-0.39, 0.29) is 0 Å². The van der Waals surface area contributed by atoms with Crippen molar-refractivity contribution in [3.8, 4) is 5.75 Å². The lowest BCUT2D eigenvalue weighted by Crippen LogP contribution is -2.38. The topological polar surface area (TPSA) is 50.5 Å². The summed E-state index contributed by atoms with van der Waals surface area (Å²) in [4.78, 5) is 6.70. The van der Waals surface area contributed by atoms with E-state index < -0.39 is 6.10 Å². The molecule has 0 aliphatic carbocycles. The van der Waals surface area contributed by atoms with E-state index in [2.05, 4.69) is 22.9 Å². The van der Waals surface area contributed by atoms with Gasteiger partial charge in [-0.1, -0.05) is 18.2 Å². The van der Waals surface area contributed by atoms with Crippen molar-refractivity contribution in [1.29, 1.82) is 0 Å². The molecule has 1 aliphatic heterocycles. The lowest BCUT2D eigenvalue weighted by atomic mass is 9.91. The molecule has 1 aliphatic rings. The van der Waals surface area contributed by atoms with Gasteiger partial charge in [-0.2, -0.15) is 0 Å². The van der Waals surface area contributed by atoms with Crippen LogP contribution in [0.25, 0.3) is 0 Å². The molecule has 5 nitrogen and oxygen atoms in total. The zero-order valence-corrected chi connectivity index (χ0v) is 14.6. The molecular weight excluding hydrogens is 302 g/mol. The Morgan fingerprint density at radius 2 is 2.04 bits per heavy atom. The largest absolute Gasteiger partial charge is 0.492 e. The van der Waals surface area contributed by atoms with Crippen LogP contribution in [0.15, 0.2) is 36.7 Å². The fraction of sp³-hybridized carbons (Fsp3) is 0.526. The molecule has 5 heteroatoms. The van der Waals surface area contributed by atoms with Crippen LogP contribution >= 0.6 is 0 Å². The molecule has 0 bridgehead atoms. The van der Waals surface area contributed by atoms with Crippen molar-refractivity contribution >= 4 is 0 Å². The first-order valence-corrected chi connectivity index (χ1v) is 8.71. The van der Waals surface area contributed by atoms with E-state index in [1.54, 1.807) is 6.20 Å². The molecule has 2 heterocycles. The first-order valence-electron chi connectivity index (χ1n) is 8.71. The average molecular weight is 329 g/mol. The van der Waals surface area contributed by atoms with Gasteiger partial charge in [0.15, 0.2) is 0 Å². The van der Waals surface area contributed by atoms with Crippen LogP contribution in [-0.4, -0.2) is 45.8 Å². The summed E-state index contributed by atoms with van der Waals surface area (Å²) in [5.41, 5.74) is 1.18. The van der Waals surface area contributed by atoms with Crippen LogP contribution in [0.2, 0.25) is 0 Å². The van der Waals surface area contributed by atoms with Gasteiger partial charge in [0.1, 0.15) is 24.3 Å². The number of aliphatic hydroxyl groups excluding tert-OH is 1. The number of para-hydroxylation sites is 1. The fourth-order valence-corrected chi connectivity index (χ4v) is 3.37. The van der Waals surface area contributed by atoms with Gasteiger partial charge in [-0.05, 0) is 50.4 Å². The Hall–Kier alpha value is -1.85. The number of hydrogen-bond donors (Lipinski definition) is 1. The molecule has 1 fully saturated rings. The molecular formula is C19H27N3O2. The predicted molar refractivity (Wildman–Crippen MR) is 94.0 cm³/mol. The van der Waals surface area contributed by atoms with Gasteiger partial charge in [0.05, 0.1) is 0 Å². The zero-order valence-electron chi connectivity index (χ0n) is 14.6. The van der Waals surface area contributed by atoms with Crippen LogP contribution in [0.4, 0.5) is 0 Å². The predicted octanol–water partition coefficient (Wildman–Crippen LogP) is 2.55. The molecule has 1 N–H and O–H groups in total. The van der Waals surface area contributed by atoms with Crippen molar-refractivity contribution in [2.45, 2.75) is 25.9 Å². The number of aliphatic hydroxyl groups is 1. The molecule has 1 atom stereocenters. The van der Waals surface area contributed by atoms with Crippen molar-refractivity contribution in [2.24, 2.45) is 13.0 Å². The number of likely N-dealkylation sites (tertiary alicyclic amines) is 1. The second kappa shape index (κ2) is 7.81. The monoisotopic (exact) mass is 329 g/mol. The molecule has 1 aromatic heterocycles. The van der Waals surface area contributed by atoms with Crippen LogP contribution in [-0.2, 0) is 7.05 Å². The van der Waals surface area contributed by atoms with E-state index in [9.17, 15) is 5.11 Å². The highest BCUT2D eigenvalue weighted by atomic mass is 16.5. The van der Waals surface area contributed by atoms with Gasteiger partial charge in [-0.3, -0.25) is 4.90 Å². The molecule has 24 heavy (non-hydrogen) atoms. The fourth-order valence-electron chi connectivity index (χ4n) is 3.37. The first-order chi connectivity index (χ1) is 11.6. The number of imidazole rings is 1. The summed E-state index contributed by atoms with van der Waals surface area (Å²) < 4.78 is 7.79. The average Bonchev–Trinajstić information content (AvgIpc) is 3.03. The smallest absolute Gasteiger partial charge is 0.137 e. The van der Waals surface area contributed by atoms with Crippen LogP contribution in [0, 0.1) is 12.8 Å². The van der Waals surface area contributed by atoms with Crippen molar-refractivity contribution in [1.82, 2.24) is 14.5 Å². The third-order valence-corrected chi connectivity index (χ3v) is 4.96. The minimum Gasteiger partial charge on any atom is -0.492 e. The molecule has 3 rings (SSSR count). The van der Waals surface area contributed by atoms with Crippen molar-refractivity contribution in [3.05, 3.63) is 48.0 Å². The highest BCUT2D eigenvalue weighted by molar-refractivity contribution is 5.31. The number of benzene rings is 1. The van der Waals surface area contributed by atoms with Crippen LogP contribution < -0.4 is 4.74 Å². The highest BCUT2D eigenvalue weighted by Crippen LogP contribution is 2.29. The summed E-state index contributed by atoms with van der Waals surface area (Å²) in [5, 5.41) is 10.5. The summed E-state index contributed by atoms with van der Waals surface area (Å²) in [7, 11) is 1.93. The van der Waals surface area contributed by atoms with Crippen molar-refractivity contribution < 1.29 is 9.84 Å². The number of ether oxygens (including phenoxy) is 1. The highest BCUT2D eigenvalue weighted by Gasteiger charge is 2.28. The van der Waals surface area contributed by atoms with E-state index in [0.29, 0.717) is 12.5 Å². The van der Waals surface area contributed by atoms with Gasteiger partial charge >= 0.3 is 0 Å². The van der Waals surface area contributed by atoms with Crippen molar-refractivity contribution in [3.63, 3.8) is 0 Å². The number of aryl methyl sites for hydroxylation is 2. The minimum atomic E-state index is -0.463. The van der Waals surface area contributed by atoms with Crippen LogP contribution in [0.1, 0.15) is 30.3 Å². The number of piperidine rings is 1. The lowest BCUT2D eigenvalue weighted by Gasteiger charge is -2.33. The maximum Gasteiger partial charge on any atom is 0.137 e. The van der Waals surface area contributed by atoms with Gasteiger partial charge in [0.2, 0.25) is 0 Å². The third-order valence-electron chi connectivity index (χ3n) is 4.96. The number of hydrogen-bond acceptors (Lipinski definition) is 4. The van der Waals surface area contributed by atoms with Crippen molar-refractivity contribution in [2.75, 3.05) is 26.2 Å². The second-order valence-electron chi connectivity index (χ2n) is 6.63. The van der Waals surface area contributed by atoms with Crippen LogP contribution in [0.5, 0.6) is 5.75 Å². The third kappa shape index (κ3) is 3.97. The molecule has 1 aromatic carbocycles. The van der Waals surface area contributed by atoms with E-state index >= 15 is 0 Å². The molecule has 0 amide bonds. The lowest BCUT2D eigenvalue weighted by molar-refractivity contribution is 0.0478. The SMILES string of the molecule is Cc1ccccc1OCCN1CCC(C(O)c2nccn2C)CC1. The summed E-state index contributed by atoms with van der Waals surface area (Å²) in [6, 6.07) is 8.12. The molecule has 130 valence electrons. The molecule has 0 spiro atoms. The maximum atomic E-state index is 10.5. The van der Waals surface area contributed by atoms with Gasteiger partial charge in [-0.15, -0.1) is 0 Å². The van der Waals surface area contributed by atoms with E-state index in [0.717, 1.165) is 44.0 Å². The standard InChI is InChI=1S/C19H27N3O2/c1-15-5-3-4-6-17(15)24-14-13-22-10-7-16(8-11-22)18(23)19-20-9-12-21(19)2/h3-6,9,12,16,18,23H,7-8,10-11,13-14H2,1-2H3. The Balaban J connectivity index is 1.42. The van der Waals surface area contributed by atoms with Gasteiger partial charge < -0.3 is 14.4 Å². The molecule has 0 saturated carbocycles. The normalized spacial score (nSPS) is 17.8. The Bertz CT molecular complexity index is 648. The maximum absolute atomic E-state index is 10.5. The van der Waals surface area contributed by atoms with E-state index in [4.69, 9.17) is 4.74 Å². The van der Waals surface area contributed by atoms with Gasteiger partial charge in [-0.25, -0.2) is 4.98 Å². The molecule has 2 aromatic rings. The summed E-state index contributed by atoms with van der Waals surface area (Å²) in [6.45, 7) is 5.71. The van der Waals surface area contributed by atoms with Gasteiger partial charge in [0.25, 0.3) is 0 Å². The second-order valence-corrected chi connectivity index (χ2v) is 6.63. The van der Waals surface area contributed by atoms with E-state index in [1.807, 2.05) is 36.0 Å². The Kier molecular flexibility index (Phi) is 5.53. The number of nitrogens with zero attached hydrogens (tertiary/aromatic N) is 3.